The summed E-state index contributed by atoms with van der Waals surface area (Å²) in [4.78, 5) is 28.5. The number of anilines is 2. The number of thiazole rings is 1. The Morgan fingerprint density at radius 3 is 2.59 bits per heavy atom. The number of amides is 2. The van der Waals surface area contributed by atoms with E-state index >= 15 is 0 Å². The van der Waals surface area contributed by atoms with Crippen LogP contribution < -0.4 is 10.6 Å². The van der Waals surface area contributed by atoms with E-state index in [-0.39, 0.29) is 11.6 Å². The predicted octanol–water partition coefficient (Wildman–Crippen LogP) is 5.27. The minimum absolute atomic E-state index is 0.155. The Labute approximate surface area is 170 Å². The third kappa shape index (κ3) is 5.53. The van der Waals surface area contributed by atoms with E-state index < -0.39 is 5.91 Å². The lowest BCUT2D eigenvalue weighted by Crippen LogP contribution is -2.14. The molecule has 3 aromatic rings. The van der Waals surface area contributed by atoms with E-state index in [1.54, 1.807) is 23.6 Å². The number of rotatable bonds is 6. The number of nitrogens with zero attached hydrogens (tertiary/aromatic N) is 1. The Balaban J connectivity index is 1.56. The van der Waals surface area contributed by atoms with Gasteiger partial charge in [0, 0.05) is 16.8 Å². The summed E-state index contributed by atoms with van der Waals surface area (Å²) in [5, 5.41) is 8.14. The Kier molecular flexibility index (Phi) is 6.45. The van der Waals surface area contributed by atoms with E-state index in [1.165, 1.54) is 11.3 Å². The Hall–Kier alpha value is -2.41. The summed E-state index contributed by atoms with van der Waals surface area (Å²) >= 11 is 13.1. The summed E-state index contributed by atoms with van der Waals surface area (Å²) in [7, 11) is 0. The van der Waals surface area contributed by atoms with Crippen molar-refractivity contribution >= 4 is 57.2 Å². The summed E-state index contributed by atoms with van der Waals surface area (Å²) in [5.41, 5.74) is 1.68. The van der Waals surface area contributed by atoms with Crippen LogP contribution in [0.15, 0.2) is 53.9 Å². The van der Waals surface area contributed by atoms with Crippen LogP contribution in [0.1, 0.15) is 22.5 Å². The summed E-state index contributed by atoms with van der Waals surface area (Å²) in [5.74, 6) is -0.585. The van der Waals surface area contributed by atoms with Gasteiger partial charge in [-0.25, -0.2) is 4.98 Å². The molecule has 0 aliphatic carbocycles. The summed E-state index contributed by atoms with van der Waals surface area (Å²) < 4.78 is 0. The van der Waals surface area contributed by atoms with Gasteiger partial charge in [0.25, 0.3) is 5.91 Å². The van der Waals surface area contributed by atoms with Gasteiger partial charge in [0.1, 0.15) is 5.69 Å². The second-order valence-corrected chi connectivity index (χ2v) is 7.35. The van der Waals surface area contributed by atoms with Crippen molar-refractivity contribution in [2.24, 2.45) is 0 Å². The molecule has 0 saturated heterocycles. The van der Waals surface area contributed by atoms with Crippen LogP contribution in [0.5, 0.6) is 0 Å². The molecule has 3 rings (SSSR count). The van der Waals surface area contributed by atoms with Crippen LogP contribution in [-0.2, 0) is 11.2 Å². The monoisotopic (exact) mass is 419 g/mol. The zero-order valence-electron chi connectivity index (χ0n) is 14.0. The SMILES string of the molecule is O=C(CCc1ccccc1)Nc1nc(C(=O)Nc2cc(Cl)ccc2Cl)cs1. The first-order valence-corrected chi connectivity index (χ1v) is 9.70. The molecule has 0 aliphatic heterocycles. The molecule has 0 saturated carbocycles. The molecule has 0 aliphatic rings. The highest BCUT2D eigenvalue weighted by Gasteiger charge is 2.14. The maximum absolute atomic E-state index is 12.3. The van der Waals surface area contributed by atoms with Crippen molar-refractivity contribution in [3.05, 3.63) is 75.2 Å². The van der Waals surface area contributed by atoms with Crippen molar-refractivity contribution in [1.29, 1.82) is 0 Å². The van der Waals surface area contributed by atoms with Gasteiger partial charge in [-0.3, -0.25) is 9.59 Å². The van der Waals surface area contributed by atoms with Crippen LogP contribution in [0.4, 0.5) is 10.8 Å². The number of carbonyl (C=O) groups excluding carboxylic acids is 2. The van der Waals surface area contributed by atoms with Gasteiger partial charge in [-0.1, -0.05) is 53.5 Å². The van der Waals surface area contributed by atoms with Crippen molar-refractivity contribution in [3.8, 4) is 0 Å². The van der Waals surface area contributed by atoms with Crippen LogP contribution in [-0.4, -0.2) is 16.8 Å². The molecule has 1 heterocycles. The quantitative estimate of drug-likeness (QED) is 0.571. The number of nitrogens with one attached hydrogen (secondary N) is 2. The lowest BCUT2D eigenvalue weighted by atomic mass is 10.1. The van der Waals surface area contributed by atoms with Crippen LogP contribution >= 0.6 is 34.5 Å². The second-order valence-electron chi connectivity index (χ2n) is 5.65. The number of halogens is 2. The number of carbonyl (C=O) groups is 2. The van der Waals surface area contributed by atoms with E-state index in [1.807, 2.05) is 30.3 Å². The maximum Gasteiger partial charge on any atom is 0.275 e. The zero-order valence-corrected chi connectivity index (χ0v) is 16.4. The number of hydrogen-bond acceptors (Lipinski definition) is 4. The van der Waals surface area contributed by atoms with Gasteiger partial charge in [0.05, 0.1) is 10.7 Å². The smallest absolute Gasteiger partial charge is 0.275 e. The number of benzene rings is 2. The van der Waals surface area contributed by atoms with Crippen molar-refractivity contribution < 1.29 is 9.59 Å². The number of aryl methyl sites for hydroxylation is 1. The van der Waals surface area contributed by atoms with Gasteiger partial charge >= 0.3 is 0 Å². The highest BCUT2D eigenvalue weighted by Crippen LogP contribution is 2.26. The molecule has 0 spiro atoms. The molecule has 0 bridgehead atoms. The van der Waals surface area contributed by atoms with Gasteiger partial charge in [-0.2, -0.15) is 0 Å². The summed E-state index contributed by atoms with van der Waals surface area (Å²) in [6.07, 6.45) is 0.974. The first-order chi connectivity index (χ1) is 13.0. The Morgan fingerprint density at radius 1 is 1.04 bits per heavy atom. The van der Waals surface area contributed by atoms with Crippen molar-refractivity contribution in [3.63, 3.8) is 0 Å². The minimum Gasteiger partial charge on any atom is -0.319 e. The molecule has 0 fully saturated rings. The van der Waals surface area contributed by atoms with E-state index in [9.17, 15) is 9.59 Å². The number of hydrogen-bond donors (Lipinski definition) is 2. The van der Waals surface area contributed by atoms with Gasteiger partial charge in [0.15, 0.2) is 5.13 Å². The predicted molar refractivity (Wildman–Crippen MR) is 110 cm³/mol. The van der Waals surface area contributed by atoms with Gasteiger partial charge < -0.3 is 10.6 Å². The molecule has 8 heteroatoms. The first kappa shape index (κ1) is 19.4. The third-order valence-corrected chi connectivity index (χ3v) is 4.97. The maximum atomic E-state index is 12.3. The Bertz CT molecular complexity index is 961. The average molecular weight is 420 g/mol. The minimum atomic E-state index is -0.430. The Morgan fingerprint density at radius 2 is 1.81 bits per heavy atom. The van der Waals surface area contributed by atoms with Crippen molar-refractivity contribution in [2.45, 2.75) is 12.8 Å². The molecule has 0 atom stereocenters. The molecule has 0 unspecified atom stereocenters. The summed E-state index contributed by atoms with van der Waals surface area (Å²) in [6.45, 7) is 0. The molecule has 2 N–H and O–H groups in total. The topological polar surface area (TPSA) is 71.1 Å². The number of aromatic nitrogens is 1. The van der Waals surface area contributed by atoms with Crippen molar-refractivity contribution in [2.75, 3.05) is 10.6 Å². The first-order valence-electron chi connectivity index (χ1n) is 8.07. The molecule has 0 radical (unpaired) electrons. The average Bonchev–Trinajstić information content (AvgIpc) is 3.12. The molecule has 2 amide bonds. The van der Waals surface area contributed by atoms with E-state index in [0.29, 0.717) is 33.7 Å². The fourth-order valence-corrected chi connectivity index (χ4v) is 3.34. The van der Waals surface area contributed by atoms with E-state index in [4.69, 9.17) is 23.2 Å². The van der Waals surface area contributed by atoms with E-state index in [0.717, 1.165) is 5.56 Å². The highest BCUT2D eigenvalue weighted by atomic mass is 35.5. The molecular weight excluding hydrogens is 405 g/mol. The molecule has 5 nitrogen and oxygen atoms in total. The van der Waals surface area contributed by atoms with Gasteiger partial charge in [-0.05, 0) is 30.2 Å². The lowest BCUT2D eigenvalue weighted by Gasteiger charge is -2.06. The standard InChI is InChI=1S/C19H15Cl2N3O2S/c20-13-7-8-14(21)15(10-13)22-18(26)16-11-27-19(23-16)24-17(25)9-6-12-4-2-1-3-5-12/h1-5,7-8,10-11H,6,9H2,(H,22,26)(H,23,24,25). The zero-order chi connectivity index (χ0) is 19.2. The van der Waals surface area contributed by atoms with Crippen LogP contribution in [0.25, 0.3) is 0 Å². The highest BCUT2D eigenvalue weighted by molar-refractivity contribution is 7.14. The fraction of sp³-hybridized carbons (Fsp3) is 0.105. The summed E-state index contributed by atoms with van der Waals surface area (Å²) in [6, 6.07) is 14.5. The van der Waals surface area contributed by atoms with E-state index in [2.05, 4.69) is 15.6 Å². The second kappa shape index (κ2) is 8.99. The lowest BCUT2D eigenvalue weighted by molar-refractivity contribution is -0.116. The molecule has 27 heavy (non-hydrogen) atoms. The fourth-order valence-electron chi connectivity index (χ4n) is 2.30. The van der Waals surface area contributed by atoms with Gasteiger partial charge in [-0.15, -0.1) is 11.3 Å². The molecule has 138 valence electrons. The molecule has 1 aromatic heterocycles. The third-order valence-electron chi connectivity index (χ3n) is 3.64. The molecular formula is C19H15Cl2N3O2S. The van der Waals surface area contributed by atoms with Crippen LogP contribution in [0, 0.1) is 0 Å². The van der Waals surface area contributed by atoms with Crippen LogP contribution in [0.2, 0.25) is 10.0 Å². The molecule has 2 aromatic carbocycles. The largest absolute Gasteiger partial charge is 0.319 e. The van der Waals surface area contributed by atoms with Crippen LogP contribution in [0.3, 0.4) is 0 Å². The normalized spacial score (nSPS) is 10.4. The van der Waals surface area contributed by atoms with Gasteiger partial charge in [0.2, 0.25) is 5.91 Å². The van der Waals surface area contributed by atoms with Crippen molar-refractivity contribution in [1.82, 2.24) is 4.98 Å².